The average Bonchev–Trinajstić information content (AvgIpc) is 3.04. The Morgan fingerprint density at radius 2 is 2.00 bits per heavy atom. The van der Waals surface area contributed by atoms with Gasteiger partial charge in [-0.15, -0.1) is 0 Å². The van der Waals surface area contributed by atoms with E-state index in [1.165, 1.54) is 37.9 Å². The van der Waals surface area contributed by atoms with Crippen molar-refractivity contribution in [1.82, 2.24) is 4.90 Å². The molecule has 0 spiro atoms. The van der Waals surface area contributed by atoms with Gasteiger partial charge in [0, 0.05) is 30.8 Å². The van der Waals surface area contributed by atoms with Crippen LogP contribution in [0.4, 0.5) is 0 Å². The molecule has 0 aromatic heterocycles. The first-order valence-corrected chi connectivity index (χ1v) is 5.83. The zero-order valence-electron chi connectivity index (χ0n) is 8.54. The van der Waals surface area contributed by atoms with Gasteiger partial charge in [0.1, 0.15) is 0 Å². The summed E-state index contributed by atoms with van der Waals surface area (Å²) in [5.41, 5.74) is 1.34. The summed E-state index contributed by atoms with van der Waals surface area (Å²) in [5.74, 6) is 1.27. The van der Waals surface area contributed by atoms with Gasteiger partial charge in [-0.3, -0.25) is 4.79 Å². The molecule has 0 aromatic rings. The molecule has 0 unspecified atom stereocenters. The van der Waals surface area contributed by atoms with Crippen LogP contribution in [0.2, 0.25) is 0 Å². The third-order valence-corrected chi connectivity index (χ3v) is 3.46. The summed E-state index contributed by atoms with van der Waals surface area (Å²) in [6, 6.07) is 0.785. The van der Waals surface area contributed by atoms with E-state index in [9.17, 15) is 4.79 Å². The highest BCUT2D eigenvalue weighted by Gasteiger charge is 2.35. The first-order chi connectivity index (χ1) is 6.83. The highest BCUT2D eigenvalue weighted by atomic mass is 16.1. The number of carbonyl (C=O) groups is 1. The zero-order chi connectivity index (χ0) is 9.54. The lowest BCUT2D eigenvalue weighted by Crippen LogP contribution is -2.26. The molecule has 3 aliphatic rings. The molecule has 0 aliphatic heterocycles. The number of nitrogens with zero attached hydrogens (tertiary/aromatic N) is 1. The standard InChI is InChI=1S/C12H17NO/c14-12-6-5-11(7-12)13(10-3-4-10)8-9-1-2-9/h7,9-10H,1-6,8H2. The summed E-state index contributed by atoms with van der Waals surface area (Å²) >= 11 is 0. The minimum absolute atomic E-state index is 0.335. The molecule has 2 heteroatoms. The van der Waals surface area contributed by atoms with Crippen molar-refractivity contribution < 1.29 is 4.79 Å². The van der Waals surface area contributed by atoms with Crippen LogP contribution in [0.25, 0.3) is 0 Å². The highest BCUT2D eigenvalue weighted by molar-refractivity contribution is 5.92. The van der Waals surface area contributed by atoms with Crippen LogP contribution in [0.15, 0.2) is 11.8 Å². The van der Waals surface area contributed by atoms with E-state index in [0.29, 0.717) is 5.78 Å². The fourth-order valence-corrected chi connectivity index (χ4v) is 2.27. The average molecular weight is 191 g/mol. The summed E-state index contributed by atoms with van der Waals surface area (Å²) < 4.78 is 0. The van der Waals surface area contributed by atoms with E-state index >= 15 is 0 Å². The quantitative estimate of drug-likeness (QED) is 0.678. The van der Waals surface area contributed by atoms with Crippen molar-refractivity contribution in [3.63, 3.8) is 0 Å². The monoisotopic (exact) mass is 191 g/mol. The van der Waals surface area contributed by atoms with Crippen molar-refractivity contribution in [3.05, 3.63) is 11.8 Å². The van der Waals surface area contributed by atoms with Gasteiger partial charge in [0.15, 0.2) is 5.78 Å². The molecule has 0 amide bonds. The van der Waals surface area contributed by atoms with Crippen molar-refractivity contribution in [3.8, 4) is 0 Å². The number of hydrogen-bond acceptors (Lipinski definition) is 2. The zero-order valence-corrected chi connectivity index (χ0v) is 8.54. The third kappa shape index (κ3) is 1.70. The third-order valence-electron chi connectivity index (χ3n) is 3.46. The second-order valence-corrected chi connectivity index (χ2v) is 4.93. The maximum absolute atomic E-state index is 11.2. The minimum atomic E-state index is 0.335. The van der Waals surface area contributed by atoms with E-state index in [0.717, 1.165) is 24.8 Å². The van der Waals surface area contributed by atoms with E-state index in [2.05, 4.69) is 4.90 Å². The molecule has 2 fully saturated rings. The highest BCUT2D eigenvalue weighted by Crippen LogP contribution is 2.38. The molecule has 2 nitrogen and oxygen atoms in total. The van der Waals surface area contributed by atoms with E-state index in [-0.39, 0.29) is 0 Å². The summed E-state index contributed by atoms with van der Waals surface area (Å²) in [7, 11) is 0. The molecule has 2 saturated carbocycles. The molecule has 3 aliphatic carbocycles. The molecule has 76 valence electrons. The molecule has 0 radical (unpaired) electrons. The largest absolute Gasteiger partial charge is 0.371 e. The van der Waals surface area contributed by atoms with Crippen LogP contribution < -0.4 is 0 Å². The Bertz CT molecular complexity index is 287. The number of hydrogen-bond donors (Lipinski definition) is 0. The van der Waals surface area contributed by atoms with Crippen molar-refractivity contribution in [2.24, 2.45) is 5.92 Å². The second kappa shape index (κ2) is 3.11. The summed E-state index contributed by atoms with van der Waals surface area (Å²) in [4.78, 5) is 13.7. The molecule has 0 aromatic carbocycles. The van der Waals surface area contributed by atoms with Crippen LogP contribution in [0.3, 0.4) is 0 Å². The smallest absolute Gasteiger partial charge is 0.157 e. The first-order valence-electron chi connectivity index (χ1n) is 5.83. The van der Waals surface area contributed by atoms with E-state index in [4.69, 9.17) is 0 Å². The molecule has 0 heterocycles. The van der Waals surface area contributed by atoms with Crippen molar-refractivity contribution in [2.45, 2.75) is 44.6 Å². The van der Waals surface area contributed by atoms with E-state index in [1.54, 1.807) is 0 Å². The summed E-state index contributed by atoms with van der Waals surface area (Å²) in [6.45, 7) is 1.23. The van der Waals surface area contributed by atoms with Gasteiger partial charge in [-0.2, -0.15) is 0 Å². The molecule has 0 bridgehead atoms. The number of allylic oxidation sites excluding steroid dienone is 2. The van der Waals surface area contributed by atoms with E-state index in [1.807, 2.05) is 6.08 Å². The Labute approximate surface area is 85.0 Å². The number of carbonyl (C=O) groups excluding carboxylic acids is 1. The van der Waals surface area contributed by atoms with Crippen molar-refractivity contribution in [1.29, 1.82) is 0 Å². The normalized spacial score (nSPS) is 26.6. The summed E-state index contributed by atoms with van der Waals surface area (Å²) in [6.07, 6.45) is 9.15. The number of ketones is 1. The Morgan fingerprint density at radius 3 is 2.50 bits per heavy atom. The van der Waals surface area contributed by atoms with Crippen LogP contribution in [-0.4, -0.2) is 23.3 Å². The van der Waals surface area contributed by atoms with Crippen molar-refractivity contribution in [2.75, 3.05) is 6.54 Å². The Hall–Kier alpha value is -0.790. The van der Waals surface area contributed by atoms with Gasteiger partial charge in [-0.1, -0.05) is 0 Å². The van der Waals surface area contributed by atoms with Crippen LogP contribution in [0, 0.1) is 5.92 Å². The van der Waals surface area contributed by atoms with Gasteiger partial charge in [0.25, 0.3) is 0 Å². The molecule has 0 atom stereocenters. The second-order valence-electron chi connectivity index (χ2n) is 4.93. The Balaban J connectivity index is 1.70. The topological polar surface area (TPSA) is 20.3 Å². The lowest BCUT2D eigenvalue weighted by molar-refractivity contribution is -0.114. The van der Waals surface area contributed by atoms with Gasteiger partial charge in [0.05, 0.1) is 0 Å². The maximum Gasteiger partial charge on any atom is 0.157 e. The SMILES string of the molecule is O=C1C=C(N(CC2CC2)C2CC2)CC1. The summed E-state index contributed by atoms with van der Waals surface area (Å²) in [5, 5.41) is 0. The van der Waals surface area contributed by atoms with Crippen LogP contribution in [0.5, 0.6) is 0 Å². The van der Waals surface area contributed by atoms with Gasteiger partial charge in [-0.25, -0.2) is 0 Å². The predicted molar refractivity (Wildman–Crippen MR) is 54.8 cm³/mol. The van der Waals surface area contributed by atoms with Gasteiger partial charge < -0.3 is 4.90 Å². The first kappa shape index (κ1) is 8.51. The Morgan fingerprint density at radius 1 is 1.21 bits per heavy atom. The van der Waals surface area contributed by atoms with E-state index < -0.39 is 0 Å². The number of rotatable bonds is 4. The molecular formula is C12H17NO. The van der Waals surface area contributed by atoms with Crippen LogP contribution >= 0.6 is 0 Å². The minimum Gasteiger partial charge on any atom is -0.371 e. The van der Waals surface area contributed by atoms with Crippen LogP contribution in [0.1, 0.15) is 38.5 Å². The van der Waals surface area contributed by atoms with Gasteiger partial charge in [0.2, 0.25) is 0 Å². The maximum atomic E-state index is 11.2. The van der Waals surface area contributed by atoms with Crippen LogP contribution in [-0.2, 0) is 4.79 Å². The fraction of sp³-hybridized carbons (Fsp3) is 0.750. The lowest BCUT2D eigenvalue weighted by atomic mass is 10.2. The lowest BCUT2D eigenvalue weighted by Gasteiger charge is -2.25. The predicted octanol–water partition coefficient (Wildman–Crippen LogP) is 2.11. The molecule has 0 N–H and O–H groups in total. The molecule has 3 rings (SSSR count). The van der Waals surface area contributed by atoms with Gasteiger partial charge in [-0.05, 0) is 38.0 Å². The molecular weight excluding hydrogens is 174 g/mol. The van der Waals surface area contributed by atoms with Crippen molar-refractivity contribution >= 4 is 5.78 Å². The van der Waals surface area contributed by atoms with Gasteiger partial charge >= 0.3 is 0 Å². The fourth-order valence-electron chi connectivity index (χ4n) is 2.27. The Kier molecular flexibility index (Phi) is 1.89. The molecule has 0 saturated heterocycles. The molecule has 14 heavy (non-hydrogen) atoms.